The summed E-state index contributed by atoms with van der Waals surface area (Å²) in [6, 6.07) is 0.517. The maximum atomic E-state index is 9.48. The van der Waals surface area contributed by atoms with Gasteiger partial charge in [-0.1, -0.05) is 13.8 Å². The second-order valence-electron chi connectivity index (χ2n) is 6.20. The summed E-state index contributed by atoms with van der Waals surface area (Å²) < 4.78 is 11.1. The van der Waals surface area contributed by atoms with Crippen molar-refractivity contribution in [2.75, 3.05) is 33.0 Å². The first-order valence-corrected chi connectivity index (χ1v) is 7.70. The lowest BCUT2D eigenvalue weighted by atomic mass is 9.58. The second kappa shape index (κ2) is 6.08. The molecule has 4 heteroatoms. The fraction of sp³-hybridized carbons (Fsp3) is 1.00. The minimum absolute atomic E-state index is 0.0378. The van der Waals surface area contributed by atoms with E-state index in [4.69, 9.17) is 9.47 Å². The van der Waals surface area contributed by atoms with Gasteiger partial charge in [-0.05, 0) is 26.2 Å². The molecule has 2 N–H and O–H groups in total. The van der Waals surface area contributed by atoms with Gasteiger partial charge in [0.2, 0.25) is 0 Å². The lowest BCUT2D eigenvalue weighted by Gasteiger charge is -2.56. The van der Waals surface area contributed by atoms with Crippen LogP contribution in [0.4, 0.5) is 0 Å². The largest absolute Gasteiger partial charge is 0.396 e. The zero-order chi connectivity index (χ0) is 13.9. The highest BCUT2D eigenvalue weighted by atomic mass is 16.5. The summed E-state index contributed by atoms with van der Waals surface area (Å²) in [5.74, 6) is 0. The van der Waals surface area contributed by atoms with Crippen molar-refractivity contribution in [3.05, 3.63) is 0 Å². The Labute approximate surface area is 116 Å². The second-order valence-corrected chi connectivity index (χ2v) is 6.20. The van der Waals surface area contributed by atoms with Crippen LogP contribution in [-0.4, -0.2) is 50.2 Å². The molecule has 1 saturated carbocycles. The van der Waals surface area contributed by atoms with Crippen molar-refractivity contribution in [3.8, 4) is 0 Å². The van der Waals surface area contributed by atoms with Crippen LogP contribution < -0.4 is 5.32 Å². The highest BCUT2D eigenvalue weighted by Crippen LogP contribution is 2.49. The molecule has 2 fully saturated rings. The molecule has 2 aliphatic rings. The fourth-order valence-corrected chi connectivity index (χ4v) is 3.65. The van der Waals surface area contributed by atoms with E-state index in [9.17, 15) is 5.11 Å². The summed E-state index contributed by atoms with van der Waals surface area (Å²) in [5.41, 5.74) is 0.237. The summed E-state index contributed by atoms with van der Waals surface area (Å²) in [5, 5.41) is 13.2. The molecule has 2 atom stereocenters. The van der Waals surface area contributed by atoms with Crippen LogP contribution in [0.5, 0.6) is 0 Å². The number of nitrogens with one attached hydrogen (secondary N) is 1. The van der Waals surface area contributed by atoms with Crippen LogP contribution in [0.25, 0.3) is 0 Å². The topological polar surface area (TPSA) is 50.7 Å². The van der Waals surface area contributed by atoms with Crippen molar-refractivity contribution in [2.45, 2.75) is 52.2 Å². The SMILES string of the molecule is CCOC1CC(NCC2(CO)COC2)C1(CC)CC. The van der Waals surface area contributed by atoms with Crippen LogP contribution in [0, 0.1) is 10.8 Å². The third-order valence-corrected chi connectivity index (χ3v) is 5.34. The summed E-state index contributed by atoms with van der Waals surface area (Å²) in [4.78, 5) is 0. The Morgan fingerprint density at radius 1 is 1.26 bits per heavy atom. The minimum atomic E-state index is -0.0378. The van der Waals surface area contributed by atoms with E-state index in [1.165, 1.54) is 0 Å². The van der Waals surface area contributed by atoms with Crippen molar-refractivity contribution in [1.82, 2.24) is 5.32 Å². The number of ether oxygens (including phenoxy) is 2. The molecule has 4 nitrogen and oxygen atoms in total. The molecule has 0 amide bonds. The minimum Gasteiger partial charge on any atom is -0.396 e. The molecule has 1 saturated heterocycles. The van der Waals surface area contributed by atoms with Crippen LogP contribution in [0.1, 0.15) is 40.0 Å². The summed E-state index contributed by atoms with van der Waals surface area (Å²) in [6.07, 6.45) is 3.79. The van der Waals surface area contributed by atoms with Crippen molar-refractivity contribution in [1.29, 1.82) is 0 Å². The number of aliphatic hydroxyl groups is 1. The Morgan fingerprint density at radius 3 is 2.37 bits per heavy atom. The first-order chi connectivity index (χ1) is 9.16. The molecule has 1 heterocycles. The van der Waals surface area contributed by atoms with E-state index >= 15 is 0 Å². The Hall–Kier alpha value is -0.160. The zero-order valence-electron chi connectivity index (χ0n) is 12.6. The van der Waals surface area contributed by atoms with Gasteiger partial charge in [-0.25, -0.2) is 0 Å². The molecule has 19 heavy (non-hydrogen) atoms. The summed E-state index contributed by atoms with van der Waals surface area (Å²) in [7, 11) is 0. The van der Waals surface area contributed by atoms with Crippen molar-refractivity contribution in [3.63, 3.8) is 0 Å². The summed E-state index contributed by atoms with van der Waals surface area (Å²) >= 11 is 0. The van der Waals surface area contributed by atoms with Crippen molar-refractivity contribution < 1.29 is 14.6 Å². The van der Waals surface area contributed by atoms with Gasteiger partial charge in [-0.15, -0.1) is 0 Å². The van der Waals surface area contributed by atoms with Gasteiger partial charge in [0.1, 0.15) is 0 Å². The van der Waals surface area contributed by atoms with Crippen LogP contribution in [0.15, 0.2) is 0 Å². The molecule has 0 aromatic carbocycles. The highest BCUT2D eigenvalue weighted by Gasteiger charge is 2.53. The van der Waals surface area contributed by atoms with E-state index in [1.54, 1.807) is 0 Å². The first-order valence-electron chi connectivity index (χ1n) is 7.70. The predicted octanol–water partition coefficient (Wildman–Crippen LogP) is 1.57. The molecular formula is C15H29NO3. The lowest BCUT2D eigenvalue weighted by Crippen LogP contribution is -2.66. The van der Waals surface area contributed by atoms with E-state index in [0.717, 1.165) is 32.4 Å². The average Bonchev–Trinajstić information content (AvgIpc) is 2.37. The molecule has 0 radical (unpaired) electrons. The first kappa shape index (κ1) is 15.2. The van der Waals surface area contributed by atoms with Crippen LogP contribution in [0.3, 0.4) is 0 Å². The Morgan fingerprint density at radius 2 is 1.95 bits per heavy atom. The highest BCUT2D eigenvalue weighted by molar-refractivity contribution is 5.07. The normalized spacial score (nSPS) is 31.6. The number of hydrogen-bond donors (Lipinski definition) is 2. The monoisotopic (exact) mass is 271 g/mol. The van der Waals surface area contributed by atoms with Gasteiger partial charge in [0, 0.05) is 24.6 Å². The fourth-order valence-electron chi connectivity index (χ4n) is 3.65. The van der Waals surface area contributed by atoms with Gasteiger partial charge in [0.15, 0.2) is 0 Å². The third-order valence-electron chi connectivity index (χ3n) is 5.34. The van der Waals surface area contributed by atoms with E-state index in [-0.39, 0.29) is 17.4 Å². The number of hydrogen-bond acceptors (Lipinski definition) is 4. The predicted molar refractivity (Wildman–Crippen MR) is 75.2 cm³/mol. The van der Waals surface area contributed by atoms with Gasteiger partial charge >= 0.3 is 0 Å². The smallest absolute Gasteiger partial charge is 0.0660 e. The molecule has 1 aliphatic carbocycles. The van der Waals surface area contributed by atoms with Crippen molar-refractivity contribution >= 4 is 0 Å². The average molecular weight is 271 g/mol. The molecule has 2 unspecified atom stereocenters. The molecule has 1 aliphatic heterocycles. The van der Waals surface area contributed by atoms with Crippen molar-refractivity contribution in [2.24, 2.45) is 10.8 Å². The number of rotatable bonds is 8. The number of aliphatic hydroxyl groups excluding tert-OH is 1. The van der Waals surface area contributed by atoms with Gasteiger partial charge in [0.05, 0.1) is 31.3 Å². The van der Waals surface area contributed by atoms with E-state index in [2.05, 4.69) is 26.1 Å². The Bertz CT molecular complexity index is 282. The maximum Gasteiger partial charge on any atom is 0.0660 e. The van der Waals surface area contributed by atoms with Crippen LogP contribution >= 0.6 is 0 Å². The quantitative estimate of drug-likeness (QED) is 0.703. The lowest BCUT2D eigenvalue weighted by molar-refractivity contribution is -0.159. The van der Waals surface area contributed by atoms with Crippen LogP contribution in [-0.2, 0) is 9.47 Å². The van der Waals surface area contributed by atoms with E-state index in [1.807, 2.05) is 0 Å². The van der Waals surface area contributed by atoms with E-state index < -0.39 is 0 Å². The van der Waals surface area contributed by atoms with Gasteiger partial charge < -0.3 is 19.9 Å². The molecule has 2 rings (SSSR count). The Kier molecular flexibility index (Phi) is 4.88. The molecule has 0 spiro atoms. The molecular weight excluding hydrogens is 242 g/mol. The van der Waals surface area contributed by atoms with Crippen LogP contribution in [0.2, 0.25) is 0 Å². The van der Waals surface area contributed by atoms with Gasteiger partial charge in [-0.3, -0.25) is 0 Å². The van der Waals surface area contributed by atoms with Gasteiger partial charge in [-0.2, -0.15) is 0 Å². The molecule has 112 valence electrons. The summed E-state index contributed by atoms with van der Waals surface area (Å²) in [6.45, 7) is 9.83. The zero-order valence-corrected chi connectivity index (χ0v) is 12.6. The third kappa shape index (κ3) is 2.56. The molecule has 0 aromatic rings. The van der Waals surface area contributed by atoms with E-state index in [0.29, 0.717) is 25.4 Å². The standard InChI is InChI=1S/C15H29NO3/c1-4-15(5-2)12(7-13(15)19-6-3)16-8-14(9-17)10-18-11-14/h12-13,16-17H,4-11H2,1-3H3. The maximum absolute atomic E-state index is 9.48. The Balaban J connectivity index is 1.90. The molecule has 0 bridgehead atoms. The molecule has 0 aromatic heterocycles. The van der Waals surface area contributed by atoms with Gasteiger partial charge in [0.25, 0.3) is 0 Å².